The molecular weight excluding hydrogens is 369 g/mol. The van der Waals surface area contributed by atoms with Crippen molar-refractivity contribution in [2.75, 3.05) is 0 Å². The van der Waals surface area contributed by atoms with Gasteiger partial charge in [0, 0.05) is 0 Å². The van der Waals surface area contributed by atoms with Gasteiger partial charge in [-0.2, -0.15) is 13.2 Å². The third-order valence-corrected chi connectivity index (χ3v) is 5.32. The minimum Gasteiger partial charge on any atom is -0.450 e. The molecule has 0 spiro atoms. The molecule has 28 heavy (non-hydrogen) atoms. The molecule has 7 heteroatoms. The number of nitrogens with zero attached hydrogens (tertiary/aromatic N) is 2. The Morgan fingerprint density at radius 2 is 1.89 bits per heavy atom. The molecule has 0 unspecified atom stereocenters. The first-order chi connectivity index (χ1) is 13.3. The van der Waals surface area contributed by atoms with Crippen molar-refractivity contribution in [3.8, 4) is 0 Å². The van der Waals surface area contributed by atoms with Crippen LogP contribution in [0.4, 0.5) is 13.2 Å². The Bertz CT molecular complexity index is 837. The molecule has 150 valence electrons. The number of alkyl halides is 3. The standard InChI is InChI=1S/C21H23F3N2O2/c1-3-20(12-8-5-9-13-20)28-19(27)17-18(21(22,23)24)25-14-26(17)15(2)16-10-6-4-7-11-16/h3-4,6-7,10-11,14-15H,1,5,8-9,12-13H2,2H3/t15-/m1/s1. The fourth-order valence-electron chi connectivity index (χ4n) is 3.69. The Hall–Kier alpha value is -2.57. The monoisotopic (exact) mass is 392 g/mol. The third kappa shape index (κ3) is 3.98. The number of carbonyl (C=O) groups excluding carboxylic acids is 1. The third-order valence-electron chi connectivity index (χ3n) is 5.32. The van der Waals surface area contributed by atoms with Crippen molar-refractivity contribution >= 4 is 5.97 Å². The molecule has 1 aromatic carbocycles. The van der Waals surface area contributed by atoms with Gasteiger partial charge in [0.2, 0.25) is 0 Å². The molecule has 1 heterocycles. The zero-order chi connectivity index (χ0) is 20.4. The smallest absolute Gasteiger partial charge is 0.435 e. The van der Waals surface area contributed by atoms with Crippen molar-refractivity contribution in [2.24, 2.45) is 0 Å². The van der Waals surface area contributed by atoms with E-state index in [1.807, 2.05) is 6.07 Å². The van der Waals surface area contributed by atoms with Crippen LogP contribution >= 0.6 is 0 Å². The van der Waals surface area contributed by atoms with Gasteiger partial charge in [-0.25, -0.2) is 9.78 Å². The molecule has 3 rings (SSSR count). The molecular formula is C21H23F3N2O2. The lowest BCUT2D eigenvalue weighted by atomic mass is 9.85. The number of ether oxygens (including phenoxy) is 1. The largest absolute Gasteiger partial charge is 0.450 e. The van der Waals surface area contributed by atoms with Crippen molar-refractivity contribution in [3.63, 3.8) is 0 Å². The summed E-state index contributed by atoms with van der Waals surface area (Å²) in [5.74, 6) is -1.02. The van der Waals surface area contributed by atoms with Gasteiger partial charge in [-0.05, 0) is 44.2 Å². The summed E-state index contributed by atoms with van der Waals surface area (Å²) in [7, 11) is 0. The maximum absolute atomic E-state index is 13.5. The van der Waals surface area contributed by atoms with Gasteiger partial charge in [-0.15, -0.1) is 0 Å². The van der Waals surface area contributed by atoms with Gasteiger partial charge >= 0.3 is 12.1 Å². The molecule has 1 atom stereocenters. The number of carbonyl (C=O) groups is 1. The molecule has 1 fully saturated rings. The predicted molar refractivity (Wildman–Crippen MR) is 98.9 cm³/mol. The van der Waals surface area contributed by atoms with Crippen molar-refractivity contribution in [3.05, 3.63) is 66.3 Å². The van der Waals surface area contributed by atoms with Crippen molar-refractivity contribution in [1.29, 1.82) is 0 Å². The van der Waals surface area contributed by atoms with Crippen LogP contribution in [0, 0.1) is 0 Å². The molecule has 0 bridgehead atoms. The Labute approximate surface area is 162 Å². The van der Waals surface area contributed by atoms with E-state index >= 15 is 0 Å². The van der Waals surface area contributed by atoms with Crippen LogP contribution in [0.25, 0.3) is 0 Å². The van der Waals surface area contributed by atoms with E-state index in [1.165, 1.54) is 4.57 Å². The second-order valence-electron chi connectivity index (χ2n) is 7.15. The maximum atomic E-state index is 13.5. The first-order valence-corrected chi connectivity index (χ1v) is 9.33. The van der Waals surface area contributed by atoms with E-state index < -0.39 is 35.2 Å². The first-order valence-electron chi connectivity index (χ1n) is 9.33. The molecule has 1 aliphatic rings. The van der Waals surface area contributed by atoms with Gasteiger partial charge in [-0.3, -0.25) is 0 Å². The van der Waals surface area contributed by atoms with Gasteiger partial charge < -0.3 is 9.30 Å². The fraction of sp³-hybridized carbons (Fsp3) is 0.429. The summed E-state index contributed by atoms with van der Waals surface area (Å²) >= 11 is 0. The fourth-order valence-corrected chi connectivity index (χ4v) is 3.69. The lowest BCUT2D eigenvalue weighted by Gasteiger charge is -2.34. The zero-order valence-corrected chi connectivity index (χ0v) is 15.7. The van der Waals surface area contributed by atoms with E-state index in [1.54, 1.807) is 37.3 Å². The molecule has 1 aliphatic carbocycles. The topological polar surface area (TPSA) is 44.1 Å². The molecule has 1 saturated carbocycles. The molecule has 0 radical (unpaired) electrons. The summed E-state index contributed by atoms with van der Waals surface area (Å²) in [6.45, 7) is 5.47. The zero-order valence-electron chi connectivity index (χ0n) is 15.7. The Kier molecular flexibility index (Phi) is 5.63. The number of aromatic nitrogens is 2. The van der Waals surface area contributed by atoms with Crippen LogP contribution in [0.5, 0.6) is 0 Å². The van der Waals surface area contributed by atoms with Crippen LogP contribution in [0.2, 0.25) is 0 Å². The van der Waals surface area contributed by atoms with Crippen LogP contribution in [-0.4, -0.2) is 21.1 Å². The lowest BCUT2D eigenvalue weighted by Crippen LogP contribution is -2.36. The normalized spacial score (nSPS) is 17.7. The van der Waals surface area contributed by atoms with Crippen LogP contribution < -0.4 is 0 Å². The number of rotatable bonds is 5. The summed E-state index contributed by atoms with van der Waals surface area (Å²) in [6.07, 6.45) is 1.64. The quantitative estimate of drug-likeness (QED) is 0.494. The van der Waals surface area contributed by atoms with Crippen LogP contribution in [0.1, 0.15) is 66.8 Å². The number of halogens is 3. The molecule has 0 amide bonds. The average Bonchev–Trinajstić information content (AvgIpc) is 3.14. The van der Waals surface area contributed by atoms with Crippen LogP contribution in [-0.2, 0) is 10.9 Å². The Morgan fingerprint density at radius 3 is 2.46 bits per heavy atom. The molecule has 4 nitrogen and oxygen atoms in total. The summed E-state index contributed by atoms with van der Waals surface area (Å²) < 4.78 is 47.5. The highest BCUT2D eigenvalue weighted by Crippen LogP contribution is 2.37. The van der Waals surface area contributed by atoms with Gasteiger partial charge in [0.25, 0.3) is 0 Å². The molecule has 0 aliphatic heterocycles. The highest BCUT2D eigenvalue weighted by Gasteiger charge is 2.43. The van der Waals surface area contributed by atoms with Gasteiger partial charge in [0.05, 0.1) is 12.4 Å². The lowest BCUT2D eigenvalue weighted by molar-refractivity contribution is -0.141. The minimum absolute atomic E-state index is 0.515. The maximum Gasteiger partial charge on any atom is 0.435 e. The summed E-state index contributed by atoms with van der Waals surface area (Å²) in [5.41, 5.74) is -1.96. The van der Waals surface area contributed by atoms with E-state index in [2.05, 4.69) is 11.6 Å². The number of hydrogen-bond donors (Lipinski definition) is 0. The van der Waals surface area contributed by atoms with Crippen molar-refractivity contribution < 1.29 is 22.7 Å². The summed E-state index contributed by atoms with van der Waals surface area (Å²) in [4.78, 5) is 16.4. The second kappa shape index (κ2) is 7.81. The highest BCUT2D eigenvalue weighted by molar-refractivity contribution is 5.89. The second-order valence-corrected chi connectivity index (χ2v) is 7.15. The summed E-state index contributed by atoms with van der Waals surface area (Å²) in [5, 5.41) is 0. The summed E-state index contributed by atoms with van der Waals surface area (Å²) in [6, 6.07) is 8.47. The Morgan fingerprint density at radius 1 is 1.25 bits per heavy atom. The van der Waals surface area contributed by atoms with Crippen molar-refractivity contribution in [2.45, 2.75) is 56.8 Å². The number of imidazole rings is 1. The molecule has 2 aromatic rings. The van der Waals surface area contributed by atoms with E-state index in [4.69, 9.17) is 4.74 Å². The van der Waals surface area contributed by atoms with E-state index in [-0.39, 0.29) is 0 Å². The Balaban J connectivity index is 2.01. The molecule has 1 aromatic heterocycles. The average molecular weight is 392 g/mol. The minimum atomic E-state index is -4.76. The van der Waals surface area contributed by atoms with Crippen LogP contribution in [0.3, 0.4) is 0 Å². The van der Waals surface area contributed by atoms with Gasteiger partial charge in [0.1, 0.15) is 5.60 Å². The van der Waals surface area contributed by atoms with Gasteiger partial charge in [0.15, 0.2) is 11.4 Å². The SMILES string of the molecule is C=CC1(OC(=O)c2c(C(F)(F)F)ncn2[C@H](C)c2ccccc2)CCCCC1. The number of hydrogen-bond acceptors (Lipinski definition) is 3. The van der Waals surface area contributed by atoms with Crippen molar-refractivity contribution in [1.82, 2.24) is 9.55 Å². The predicted octanol–water partition coefficient (Wildman–Crippen LogP) is 5.56. The highest BCUT2D eigenvalue weighted by atomic mass is 19.4. The van der Waals surface area contributed by atoms with E-state index in [9.17, 15) is 18.0 Å². The van der Waals surface area contributed by atoms with E-state index in [0.717, 1.165) is 31.2 Å². The van der Waals surface area contributed by atoms with E-state index in [0.29, 0.717) is 12.8 Å². The first kappa shape index (κ1) is 20.2. The van der Waals surface area contributed by atoms with Gasteiger partial charge in [-0.1, -0.05) is 43.3 Å². The van der Waals surface area contributed by atoms with Crippen LogP contribution in [0.15, 0.2) is 49.3 Å². The molecule has 0 saturated heterocycles. The molecule has 0 N–H and O–H groups in total. The number of esters is 1. The number of benzene rings is 1.